The zero-order valence-electron chi connectivity index (χ0n) is 12.5. The molecule has 7 heteroatoms. The minimum atomic E-state index is -0.203. The molecule has 6 nitrogen and oxygen atoms in total. The molecule has 4 rings (SSSR count). The van der Waals surface area contributed by atoms with E-state index in [9.17, 15) is 0 Å². The summed E-state index contributed by atoms with van der Waals surface area (Å²) in [7, 11) is 0. The summed E-state index contributed by atoms with van der Waals surface area (Å²) in [6.45, 7) is 0. The Morgan fingerprint density at radius 2 is 1.96 bits per heavy atom. The lowest BCUT2D eigenvalue weighted by Crippen LogP contribution is -2.15. The second kappa shape index (κ2) is 6.25. The smallest absolute Gasteiger partial charge is 0.182 e. The van der Waals surface area contributed by atoms with E-state index in [0.717, 1.165) is 16.8 Å². The van der Waals surface area contributed by atoms with Crippen LogP contribution < -0.4 is 5.32 Å². The first-order valence-corrected chi connectivity index (χ1v) is 7.76. The molecule has 0 saturated heterocycles. The molecule has 24 heavy (non-hydrogen) atoms. The molecule has 0 spiro atoms. The standard InChI is InChI=1S/C17H13ClN6/c18-12-5-3-4-11(8-12)14(13-6-1-2-7-19-13)24-17-15-16(21-9-20-15)22-10-23-17/h1-10,14H,(H2,20,21,22,23,24)/t14-/m1/s1. The second-order valence-electron chi connectivity index (χ2n) is 5.21. The molecule has 3 aromatic heterocycles. The number of benzene rings is 1. The highest BCUT2D eigenvalue weighted by Gasteiger charge is 2.18. The number of nitrogens with one attached hydrogen (secondary N) is 2. The molecule has 0 radical (unpaired) electrons. The van der Waals surface area contributed by atoms with E-state index in [4.69, 9.17) is 11.6 Å². The summed E-state index contributed by atoms with van der Waals surface area (Å²) in [6.07, 6.45) is 4.85. The Morgan fingerprint density at radius 3 is 2.79 bits per heavy atom. The van der Waals surface area contributed by atoms with Gasteiger partial charge in [0, 0.05) is 11.2 Å². The second-order valence-corrected chi connectivity index (χ2v) is 5.65. The summed E-state index contributed by atoms with van der Waals surface area (Å²) in [5, 5.41) is 4.10. The highest BCUT2D eigenvalue weighted by Crippen LogP contribution is 2.28. The lowest BCUT2D eigenvalue weighted by molar-refractivity contribution is 0.878. The Morgan fingerprint density at radius 1 is 1.00 bits per heavy atom. The van der Waals surface area contributed by atoms with Crippen LogP contribution in [0.5, 0.6) is 0 Å². The van der Waals surface area contributed by atoms with Gasteiger partial charge in [0.2, 0.25) is 0 Å². The predicted molar refractivity (Wildman–Crippen MR) is 92.8 cm³/mol. The number of hydrogen-bond acceptors (Lipinski definition) is 5. The molecule has 4 aromatic rings. The van der Waals surface area contributed by atoms with Crippen LogP contribution >= 0.6 is 11.6 Å². The third-order valence-corrected chi connectivity index (χ3v) is 3.90. The Kier molecular flexibility index (Phi) is 3.80. The fourth-order valence-electron chi connectivity index (χ4n) is 2.57. The van der Waals surface area contributed by atoms with E-state index in [1.54, 1.807) is 12.5 Å². The van der Waals surface area contributed by atoms with Crippen molar-refractivity contribution in [1.82, 2.24) is 24.9 Å². The fraction of sp³-hybridized carbons (Fsp3) is 0.0588. The number of anilines is 1. The third kappa shape index (κ3) is 2.79. The van der Waals surface area contributed by atoms with Gasteiger partial charge in [0.15, 0.2) is 11.5 Å². The van der Waals surface area contributed by atoms with E-state index in [1.165, 1.54) is 6.33 Å². The lowest BCUT2D eigenvalue weighted by atomic mass is 10.0. The first-order valence-electron chi connectivity index (χ1n) is 7.38. The first-order chi connectivity index (χ1) is 11.8. The van der Waals surface area contributed by atoms with Crippen LogP contribution in [-0.4, -0.2) is 24.9 Å². The quantitative estimate of drug-likeness (QED) is 0.595. The number of rotatable bonds is 4. The van der Waals surface area contributed by atoms with Crippen LogP contribution in [0.2, 0.25) is 5.02 Å². The van der Waals surface area contributed by atoms with Gasteiger partial charge in [0.05, 0.1) is 18.1 Å². The number of aromatic amines is 1. The highest BCUT2D eigenvalue weighted by atomic mass is 35.5. The maximum Gasteiger partial charge on any atom is 0.182 e. The maximum atomic E-state index is 6.17. The van der Waals surface area contributed by atoms with Crippen LogP contribution in [0.1, 0.15) is 17.3 Å². The van der Waals surface area contributed by atoms with Gasteiger partial charge in [0.1, 0.15) is 11.8 Å². The number of aromatic nitrogens is 5. The monoisotopic (exact) mass is 336 g/mol. The number of fused-ring (bicyclic) bond motifs is 1. The third-order valence-electron chi connectivity index (χ3n) is 3.67. The molecule has 2 N–H and O–H groups in total. The Bertz CT molecular complexity index is 969. The van der Waals surface area contributed by atoms with E-state index in [1.807, 2.05) is 42.5 Å². The van der Waals surface area contributed by atoms with Gasteiger partial charge in [0.25, 0.3) is 0 Å². The van der Waals surface area contributed by atoms with Gasteiger partial charge < -0.3 is 10.3 Å². The molecule has 0 fully saturated rings. The van der Waals surface area contributed by atoms with Crippen molar-refractivity contribution in [2.75, 3.05) is 5.32 Å². The van der Waals surface area contributed by atoms with Crippen molar-refractivity contribution in [2.24, 2.45) is 0 Å². The molecular weight excluding hydrogens is 324 g/mol. The van der Waals surface area contributed by atoms with E-state index < -0.39 is 0 Å². The number of pyridine rings is 1. The Hall–Kier alpha value is -2.99. The van der Waals surface area contributed by atoms with E-state index in [0.29, 0.717) is 16.5 Å². The van der Waals surface area contributed by atoms with Crippen molar-refractivity contribution >= 4 is 28.6 Å². The van der Waals surface area contributed by atoms with Gasteiger partial charge in [-0.05, 0) is 29.8 Å². The molecule has 0 aliphatic rings. The maximum absolute atomic E-state index is 6.17. The van der Waals surface area contributed by atoms with Crippen molar-refractivity contribution < 1.29 is 0 Å². The largest absolute Gasteiger partial charge is 0.356 e. The van der Waals surface area contributed by atoms with E-state index in [-0.39, 0.29) is 6.04 Å². The van der Waals surface area contributed by atoms with Crippen molar-refractivity contribution in [3.05, 3.63) is 77.6 Å². The van der Waals surface area contributed by atoms with E-state index >= 15 is 0 Å². The molecule has 0 unspecified atom stereocenters. The minimum absolute atomic E-state index is 0.203. The van der Waals surface area contributed by atoms with Crippen LogP contribution in [0.15, 0.2) is 61.3 Å². The molecule has 0 aliphatic heterocycles. The summed E-state index contributed by atoms with van der Waals surface area (Å²) >= 11 is 6.17. The van der Waals surface area contributed by atoms with Gasteiger partial charge in [-0.25, -0.2) is 15.0 Å². The average molecular weight is 337 g/mol. The summed E-state index contributed by atoms with van der Waals surface area (Å²) in [6, 6.07) is 13.3. The van der Waals surface area contributed by atoms with Crippen LogP contribution in [0, 0.1) is 0 Å². The van der Waals surface area contributed by atoms with Crippen LogP contribution in [0.4, 0.5) is 5.82 Å². The molecule has 118 valence electrons. The molecule has 0 aliphatic carbocycles. The molecule has 0 saturated carbocycles. The van der Waals surface area contributed by atoms with Crippen molar-refractivity contribution in [1.29, 1.82) is 0 Å². The van der Waals surface area contributed by atoms with Gasteiger partial charge in [-0.3, -0.25) is 4.98 Å². The van der Waals surface area contributed by atoms with Gasteiger partial charge in [-0.15, -0.1) is 0 Å². The molecule has 1 atom stereocenters. The zero-order valence-corrected chi connectivity index (χ0v) is 13.3. The molecule has 3 heterocycles. The number of imidazole rings is 1. The summed E-state index contributed by atoms with van der Waals surface area (Å²) in [4.78, 5) is 20.2. The van der Waals surface area contributed by atoms with Crippen LogP contribution in [0.3, 0.4) is 0 Å². The fourth-order valence-corrected chi connectivity index (χ4v) is 2.77. The normalized spacial score (nSPS) is 12.2. The topological polar surface area (TPSA) is 79.4 Å². The number of nitrogens with zero attached hydrogens (tertiary/aromatic N) is 4. The first kappa shape index (κ1) is 14.6. The highest BCUT2D eigenvalue weighted by molar-refractivity contribution is 6.30. The zero-order chi connectivity index (χ0) is 16.4. The van der Waals surface area contributed by atoms with E-state index in [2.05, 4.69) is 30.2 Å². The molecule has 0 amide bonds. The van der Waals surface area contributed by atoms with Gasteiger partial charge >= 0.3 is 0 Å². The summed E-state index contributed by atoms with van der Waals surface area (Å²) < 4.78 is 0. The van der Waals surface area contributed by atoms with Gasteiger partial charge in [-0.2, -0.15) is 0 Å². The average Bonchev–Trinajstić information content (AvgIpc) is 3.10. The summed E-state index contributed by atoms with van der Waals surface area (Å²) in [5.41, 5.74) is 3.22. The SMILES string of the molecule is Clc1cccc([C@@H](Nc2ncnc3nc[nH]c23)c2ccccn2)c1. The van der Waals surface area contributed by atoms with Gasteiger partial charge in [-0.1, -0.05) is 29.8 Å². The summed E-state index contributed by atoms with van der Waals surface area (Å²) in [5.74, 6) is 0.660. The Balaban J connectivity index is 1.80. The van der Waals surface area contributed by atoms with Crippen molar-refractivity contribution in [3.63, 3.8) is 0 Å². The number of H-pyrrole nitrogens is 1. The van der Waals surface area contributed by atoms with Crippen molar-refractivity contribution in [2.45, 2.75) is 6.04 Å². The molecule has 0 bridgehead atoms. The number of halogens is 1. The Labute approximate surface area is 143 Å². The molecule has 1 aromatic carbocycles. The predicted octanol–water partition coefficient (Wildman–Crippen LogP) is 3.60. The lowest BCUT2D eigenvalue weighted by Gasteiger charge is -2.19. The van der Waals surface area contributed by atoms with Crippen molar-refractivity contribution in [3.8, 4) is 0 Å². The van der Waals surface area contributed by atoms with Crippen LogP contribution in [-0.2, 0) is 0 Å². The van der Waals surface area contributed by atoms with Crippen LogP contribution in [0.25, 0.3) is 11.2 Å². The minimum Gasteiger partial charge on any atom is -0.356 e. The number of hydrogen-bond donors (Lipinski definition) is 2. The molecular formula is C17H13ClN6.